The van der Waals surface area contributed by atoms with E-state index < -0.39 is 0 Å². The predicted octanol–water partition coefficient (Wildman–Crippen LogP) is 3.74. The first-order valence-corrected chi connectivity index (χ1v) is 6.49. The SMILES string of the molecule is Cc1cc(C2(N)CC(C)CCC2C)ccc1F. The molecule has 94 valence electrons. The van der Waals surface area contributed by atoms with Crippen LogP contribution in [0.3, 0.4) is 0 Å². The van der Waals surface area contributed by atoms with Gasteiger partial charge in [0.05, 0.1) is 0 Å². The molecule has 3 unspecified atom stereocenters. The first-order chi connectivity index (χ1) is 7.93. The molecular weight excluding hydrogens is 213 g/mol. The summed E-state index contributed by atoms with van der Waals surface area (Å²) >= 11 is 0. The molecule has 1 aromatic rings. The van der Waals surface area contributed by atoms with E-state index in [1.807, 2.05) is 12.1 Å². The van der Waals surface area contributed by atoms with Crippen molar-refractivity contribution in [1.82, 2.24) is 0 Å². The van der Waals surface area contributed by atoms with E-state index in [2.05, 4.69) is 13.8 Å². The Kier molecular flexibility index (Phi) is 3.26. The Morgan fingerprint density at radius 2 is 2.00 bits per heavy atom. The molecule has 1 fully saturated rings. The van der Waals surface area contributed by atoms with Gasteiger partial charge in [0.2, 0.25) is 0 Å². The third-order valence-electron chi connectivity index (χ3n) is 4.35. The Morgan fingerprint density at radius 3 is 2.65 bits per heavy atom. The molecule has 2 rings (SSSR count). The molecule has 0 amide bonds. The Hall–Kier alpha value is -0.890. The van der Waals surface area contributed by atoms with E-state index in [0.717, 1.165) is 18.4 Å². The zero-order valence-electron chi connectivity index (χ0n) is 11.0. The van der Waals surface area contributed by atoms with Gasteiger partial charge in [-0.05, 0) is 48.8 Å². The highest BCUT2D eigenvalue weighted by molar-refractivity contribution is 5.31. The summed E-state index contributed by atoms with van der Waals surface area (Å²) in [6.07, 6.45) is 3.41. The van der Waals surface area contributed by atoms with Crippen LogP contribution in [0.25, 0.3) is 0 Å². The van der Waals surface area contributed by atoms with Gasteiger partial charge in [0.1, 0.15) is 5.82 Å². The summed E-state index contributed by atoms with van der Waals surface area (Å²) in [5.74, 6) is 0.971. The van der Waals surface area contributed by atoms with Crippen molar-refractivity contribution in [3.63, 3.8) is 0 Å². The van der Waals surface area contributed by atoms with E-state index >= 15 is 0 Å². The molecule has 0 heterocycles. The maximum atomic E-state index is 13.3. The summed E-state index contributed by atoms with van der Waals surface area (Å²) in [6, 6.07) is 5.33. The highest BCUT2D eigenvalue weighted by Gasteiger charge is 2.38. The molecule has 2 N–H and O–H groups in total. The molecule has 0 spiro atoms. The van der Waals surface area contributed by atoms with Crippen molar-refractivity contribution >= 4 is 0 Å². The molecule has 1 aliphatic rings. The number of aryl methyl sites for hydroxylation is 1. The molecule has 1 aromatic carbocycles. The number of hydrogen-bond acceptors (Lipinski definition) is 1. The van der Waals surface area contributed by atoms with Gasteiger partial charge in [-0.1, -0.05) is 32.4 Å². The van der Waals surface area contributed by atoms with Crippen LogP contribution in [0.2, 0.25) is 0 Å². The van der Waals surface area contributed by atoms with E-state index in [0.29, 0.717) is 17.4 Å². The van der Waals surface area contributed by atoms with Crippen molar-refractivity contribution in [3.05, 3.63) is 35.1 Å². The van der Waals surface area contributed by atoms with Crippen LogP contribution in [-0.4, -0.2) is 0 Å². The summed E-state index contributed by atoms with van der Waals surface area (Å²) in [5, 5.41) is 0. The normalized spacial score (nSPS) is 33.7. The Labute approximate surface area is 103 Å². The maximum absolute atomic E-state index is 13.3. The van der Waals surface area contributed by atoms with Gasteiger partial charge < -0.3 is 5.73 Å². The number of halogens is 1. The molecule has 1 aliphatic carbocycles. The van der Waals surface area contributed by atoms with Gasteiger partial charge >= 0.3 is 0 Å². The molecule has 0 bridgehead atoms. The first kappa shape index (κ1) is 12.6. The Morgan fingerprint density at radius 1 is 1.29 bits per heavy atom. The van der Waals surface area contributed by atoms with Gasteiger partial charge in [0.25, 0.3) is 0 Å². The number of hydrogen-bond donors (Lipinski definition) is 1. The molecule has 1 nitrogen and oxygen atoms in total. The number of nitrogens with two attached hydrogens (primary N) is 1. The van der Waals surface area contributed by atoms with Crippen LogP contribution in [0.4, 0.5) is 4.39 Å². The van der Waals surface area contributed by atoms with E-state index in [9.17, 15) is 4.39 Å². The number of rotatable bonds is 1. The lowest BCUT2D eigenvalue weighted by Gasteiger charge is -2.43. The van der Waals surface area contributed by atoms with Gasteiger partial charge in [-0.25, -0.2) is 4.39 Å². The molecule has 1 saturated carbocycles. The topological polar surface area (TPSA) is 26.0 Å². The van der Waals surface area contributed by atoms with Crippen molar-refractivity contribution in [3.8, 4) is 0 Å². The molecular formula is C15H22FN. The van der Waals surface area contributed by atoms with Crippen LogP contribution in [0.5, 0.6) is 0 Å². The monoisotopic (exact) mass is 235 g/mol. The van der Waals surface area contributed by atoms with Gasteiger partial charge in [-0.3, -0.25) is 0 Å². The highest BCUT2D eigenvalue weighted by atomic mass is 19.1. The van der Waals surface area contributed by atoms with E-state index in [-0.39, 0.29) is 11.4 Å². The smallest absolute Gasteiger partial charge is 0.126 e. The Bertz CT molecular complexity index is 415. The van der Waals surface area contributed by atoms with Crippen LogP contribution in [-0.2, 0) is 5.54 Å². The average Bonchev–Trinajstić information content (AvgIpc) is 2.28. The molecule has 3 atom stereocenters. The van der Waals surface area contributed by atoms with Gasteiger partial charge in [0, 0.05) is 5.54 Å². The lowest BCUT2D eigenvalue weighted by molar-refractivity contribution is 0.162. The molecule has 0 aliphatic heterocycles. The summed E-state index contributed by atoms with van der Waals surface area (Å²) in [7, 11) is 0. The Balaban J connectivity index is 2.38. The van der Waals surface area contributed by atoms with Crippen molar-refractivity contribution in [2.24, 2.45) is 17.6 Å². The van der Waals surface area contributed by atoms with Crippen molar-refractivity contribution in [2.45, 2.75) is 45.6 Å². The van der Waals surface area contributed by atoms with Crippen molar-refractivity contribution in [1.29, 1.82) is 0 Å². The van der Waals surface area contributed by atoms with Crippen molar-refractivity contribution in [2.75, 3.05) is 0 Å². The van der Waals surface area contributed by atoms with Crippen LogP contribution in [0.1, 0.15) is 44.2 Å². The van der Waals surface area contributed by atoms with Gasteiger partial charge in [0.15, 0.2) is 0 Å². The fraction of sp³-hybridized carbons (Fsp3) is 0.600. The number of benzene rings is 1. The molecule has 0 radical (unpaired) electrons. The molecule has 17 heavy (non-hydrogen) atoms. The fourth-order valence-electron chi connectivity index (χ4n) is 3.01. The molecule has 0 aromatic heterocycles. The minimum Gasteiger partial charge on any atom is -0.321 e. The maximum Gasteiger partial charge on any atom is 0.126 e. The minimum atomic E-state index is -0.282. The van der Waals surface area contributed by atoms with E-state index in [1.54, 1.807) is 13.0 Å². The van der Waals surface area contributed by atoms with Crippen LogP contribution in [0.15, 0.2) is 18.2 Å². The second-order valence-electron chi connectivity index (χ2n) is 5.79. The second-order valence-corrected chi connectivity index (χ2v) is 5.79. The highest BCUT2D eigenvalue weighted by Crippen LogP contribution is 2.42. The zero-order chi connectivity index (χ0) is 12.6. The average molecular weight is 235 g/mol. The summed E-state index contributed by atoms with van der Waals surface area (Å²) < 4.78 is 13.3. The quantitative estimate of drug-likeness (QED) is 0.788. The van der Waals surface area contributed by atoms with E-state index in [4.69, 9.17) is 5.73 Å². The van der Waals surface area contributed by atoms with Crippen molar-refractivity contribution < 1.29 is 4.39 Å². The molecule has 0 saturated heterocycles. The lowest BCUT2D eigenvalue weighted by Crippen LogP contribution is -2.47. The summed E-state index contributed by atoms with van der Waals surface area (Å²) in [5.41, 5.74) is 8.11. The molecule has 2 heteroatoms. The van der Waals surface area contributed by atoms with Gasteiger partial charge in [-0.15, -0.1) is 0 Å². The summed E-state index contributed by atoms with van der Waals surface area (Å²) in [6.45, 7) is 6.27. The largest absolute Gasteiger partial charge is 0.321 e. The fourth-order valence-corrected chi connectivity index (χ4v) is 3.01. The predicted molar refractivity (Wildman–Crippen MR) is 69.2 cm³/mol. The van der Waals surface area contributed by atoms with Crippen LogP contribution >= 0.6 is 0 Å². The van der Waals surface area contributed by atoms with E-state index in [1.165, 1.54) is 6.42 Å². The zero-order valence-corrected chi connectivity index (χ0v) is 11.0. The first-order valence-electron chi connectivity index (χ1n) is 6.49. The third-order valence-corrected chi connectivity index (χ3v) is 4.35. The summed E-state index contributed by atoms with van der Waals surface area (Å²) in [4.78, 5) is 0. The van der Waals surface area contributed by atoms with Crippen LogP contribution < -0.4 is 5.73 Å². The second kappa shape index (κ2) is 4.41. The van der Waals surface area contributed by atoms with Gasteiger partial charge in [-0.2, -0.15) is 0 Å². The third kappa shape index (κ3) is 2.23. The van der Waals surface area contributed by atoms with Crippen LogP contribution in [0, 0.1) is 24.6 Å². The minimum absolute atomic E-state index is 0.145. The lowest BCUT2D eigenvalue weighted by atomic mass is 9.67. The standard InChI is InChI=1S/C15H22FN/c1-10-4-5-12(3)15(17,9-10)13-6-7-14(16)11(2)8-13/h6-8,10,12H,4-5,9,17H2,1-3H3.